The third-order valence-electron chi connectivity index (χ3n) is 2.90. The summed E-state index contributed by atoms with van der Waals surface area (Å²) in [5.74, 6) is -0.182. The Bertz CT molecular complexity index is 593. The maximum atomic E-state index is 12.2. The lowest BCUT2D eigenvalue weighted by molar-refractivity contribution is 0.103. The number of para-hydroxylation sites is 1. The fourth-order valence-electron chi connectivity index (χ4n) is 1.90. The van der Waals surface area contributed by atoms with Crippen LogP contribution in [-0.4, -0.2) is 16.0 Å². The van der Waals surface area contributed by atoms with Gasteiger partial charge >= 0.3 is 0 Å². The number of carbonyl (C=O) groups is 1. The first-order chi connectivity index (χ1) is 9.61. The molecule has 106 valence electrons. The van der Waals surface area contributed by atoms with Crippen molar-refractivity contribution in [2.24, 2.45) is 0 Å². The molecule has 1 atom stereocenters. The molecule has 0 unspecified atom stereocenters. The predicted molar refractivity (Wildman–Crippen MR) is 81.1 cm³/mol. The third kappa shape index (κ3) is 3.43. The van der Waals surface area contributed by atoms with Crippen LogP contribution in [0.2, 0.25) is 0 Å². The van der Waals surface area contributed by atoms with E-state index in [1.165, 1.54) is 11.3 Å². The van der Waals surface area contributed by atoms with Gasteiger partial charge in [-0.25, -0.2) is 4.98 Å². The number of hydrogen-bond acceptors (Lipinski definition) is 4. The van der Waals surface area contributed by atoms with Crippen LogP contribution >= 0.6 is 11.3 Å². The molecule has 1 amide bonds. The van der Waals surface area contributed by atoms with Gasteiger partial charge in [-0.3, -0.25) is 4.79 Å². The average Bonchev–Trinajstić information content (AvgIpc) is 2.88. The standard InChI is InChI=1S/C15H18N2O2S/c1-3-6-14-16-9-13(20-14)15(19)17-12-8-5-4-7-11(12)10(2)18/h4-5,7-10,18H,3,6H2,1-2H3,(H,17,19)/t10-/m1/s1. The van der Waals surface area contributed by atoms with Crippen molar-refractivity contribution in [2.45, 2.75) is 32.8 Å². The molecule has 1 heterocycles. The smallest absolute Gasteiger partial charge is 0.267 e. The van der Waals surface area contributed by atoms with E-state index in [2.05, 4.69) is 17.2 Å². The Labute approximate surface area is 122 Å². The van der Waals surface area contributed by atoms with Crippen molar-refractivity contribution in [3.8, 4) is 0 Å². The van der Waals surface area contributed by atoms with E-state index in [1.54, 1.807) is 25.3 Å². The van der Waals surface area contributed by atoms with Gasteiger partial charge in [0.05, 0.1) is 17.3 Å². The molecule has 2 aromatic rings. The number of thiazole rings is 1. The first-order valence-electron chi connectivity index (χ1n) is 6.65. The third-order valence-corrected chi connectivity index (χ3v) is 3.96. The van der Waals surface area contributed by atoms with Crippen LogP contribution in [0.1, 0.15) is 46.6 Å². The van der Waals surface area contributed by atoms with Crippen LogP contribution in [-0.2, 0) is 6.42 Å². The van der Waals surface area contributed by atoms with E-state index in [0.29, 0.717) is 16.1 Å². The number of benzene rings is 1. The van der Waals surface area contributed by atoms with Gasteiger partial charge in [-0.15, -0.1) is 11.3 Å². The lowest BCUT2D eigenvalue weighted by atomic mass is 10.1. The van der Waals surface area contributed by atoms with Gasteiger partial charge in [0, 0.05) is 11.3 Å². The van der Waals surface area contributed by atoms with E-state index in [4.69, 9.17) is 0 Å². The van der Waals surface area contributed by atoms with E-state index in [-0.39, 0.29) is 5.91 Å². The summed E-state index contributed by atoms with van der Waals surface area (Å²) in [6.07, 6.45) is 2.89. The molecule has 0 radical (unpaired) electrons. The number of rotatable bonds is 5. The fraction of sp³-hybridized carbons (Fsp3) is 0.333. The molecule has 4 nitrogen and oxygen atoms in total. The molecule has 2 rings (SSSR count). The predicted octanol–water partition coefficient (Wildman–Crippen LogP) is 3.40. The van der Waals surface area contributed by atoms with Crippen molar-refractivity contribution in [3.05, 3.63) is 45.9 Å². The maximum absolute atomic E-state index is 12.2. The van der Waals surface area contributed by atoms with Gasteiger partial charge in [0.25, 0.3) is 5.91 Å². The number of nitrogens with one attached hydrogen (secondary N) is 1. The minimum atomic E-state index is -0.622. The molecule has 0 aliphatic carbocycles. The largest absolute Gasteiger partial charge is 0.389 e. The van der Waals surface area contributed by atoms with Gasteiger partial charge < -0.3 is 10.4 Å². The van der Waals surface area contributed by atoms with Gasteiger partial charge in [-0.05, 0) is 25.8 Å². The highest BCUT2D eigenvalue weighted by Crippen LogP contribution is 2.23. The van der Waals surface area contributed by atoms with Crippen LogP contribution in [0, 0.1) is 0 Å². The maximum Gasteiger partial charge on any atom is 0.267 e. The topological polar surface area (TPSA) is 62.2 Å². The summed E-state index contributed by atoms with van der Waals surface area (Å²) in [5.41, 5.74) is 1.34. The number of carbonyl (C=O) groups excluding carboxylic acids is 1. The Hall–Kier alpha value is -1.72. The molecule has 0 fully saturated rings. The normalized spacial score (nSPS) is 12.2. The first-order valence-corrected chi connectivity index (χ1v) is 7.46. The highest BCUT2D eigenvalue weighted by atomic mass is 32.1. The van der Waals surface area contributed by atoms with Crippen molar-refractivity contribution in [1.82, 2.24) is 4.98 Å². The molecule has 1 aromatic carbocycles. The van der Waals surface area contributed by atoms with Crippen LogP contribution in [0.4, 0.5) is 5.69 Å². The Morgan fingerprint density at radius 2 is 2.20 bits per heavy atom. The average molecular weight is 290 g/mol. The quantitative estimate of drug-likeness (QED) is 0.887. The number of hydrogen-bond donors (Lipinski definition) is 2. The molecule has 0 aliphatic heterocycles. The molecule has 0 bridgehead atoms. The molecular formula is C15H18N2O2S. The molecule has 0 saturated carbocycles. The number of aromatic nitrogens is 1. The summed E-state index contributed by atoms with van der Waals surface area (Å²) in [6, 6.07) is 7.25. The lowest BCUT2D eigenvalue weighted by Gasteiger charge is -2.12. The van der Waals surface area contributed by atoms with E-state index < -0.39 is 6.10 Å². The summed E-state index contributed by atoms with van der Waals surface area (Å²) in [6.45, 7) is 3.76. The van der Waals surface area contributed by atoms with Crippen molar-refractivity contribution in [3.63, 3.8) is 0 Å². The lowest BCUT2D eigenvalue weighted by Crippen LogP contribution is -2.12. The number of aryl methyl sites for hydroxylation is 1. The highest BCUT2D eigenvalue weighted by Gasteiger charge is 2.14. The second-order valence-electron chi connectivity index (χ2n) is 4.59. The Kier molecular flexibility index (Phi) is 4.87. The summed E-state index contributed by atoms with van der Waals surface area (Å²) in [5, 5.41) is 13.5. The Morgan fingerprint density at radius 3 is 2.90 bits per heavy atom. The molecular weight excluding hydrogens is 272 g/mol. The summed E-state index contributed by atoms with van der Waals surface area (Å²) in [7, 11) is 0. The molecule has 0 saturated heterocycles. The van der Waals surface area contributed by atoms with Gasteiger partial charge in [0.1, 0.15) is 4.88 Å². The van der Waals surface area contributed by atoms with E-state index in [0.717, 1.165) is 17.8 Å². The second kappa shape index (κ2) is 6.63. The van der Waals surface area contributed by atoms with Crippen molar-refractivity contribution in [2.75, 3.05) is 5.32 Å². The molecule has 2 N–H and O–H groups in total. The minimum Gasteiger partial charge on any atom is -0.389 e. The first kappa shape index (κ1) is 14.7. The number of nitrogens with zero attached hydrogens (tertiary/aromatic N) is 1. The Morgan fingerprint density at radius 1 is 1.45 bits per heavy atom. The highest BCUT2D eigenvalue weighted by molar-refractivity contribution is 7.13. The Balaban J connectivity index is 2.15. The molecule has 1 aromatic heterocycles. The van der Waals surface area contributed by atoms with Crippen LogP contribution in [0.15, 0.2) is 30.5 Å². The van der Waals surface area contributed by atoms with E-state index in [9.17, 15) is 9.90 Å². The molecule has 0 aliphatic rings. The number of aliphatic hydroxyl groups excluding tert-OH is 1. The zero-order valence-electron chi connectivity index (χ0n) is 11.6. The van der Waals surface area contributed by atoms with E-state index in [1.807, 2.05) is 12.1 Å². The number of amides is 1. The summed E-state index contributed by atoms with van der Waals surface area (Å²) < 4.78 is 0. The SMILES string of the molecule is CCCc1ncc(C(=O)Nc2ccccc2[C@@H](C)O)s1. The number of anilines is 1. The van der Waals surface area contributed by atoms with E-state index >= 15 is 0 Å². The summed E-state index contributed by atoms with van der Waals surface area (Å²) >= 11 is 1.41. The van der Waals surface area contributed by atoms with Crippen LogP contribution in [0.3, 0.4) is 0 Å². The van der Waals surface area contributed by atoms with Gasteiger partial charge in [0.2, 0.25) is 0 Å². The fourth-order valence-corrected chi connectivity index (χ4v) is 2.82. The zero-order valence-corrected chi connectivity index (χ0v) is 12.4. The zero-order chi connectivity index (χ0) is 14.5. The summed E-state index contributed by atoms with van der Waals surface area (Å²) in [4.78, 5) is 17.0. The van der Waals surface area contributed by atoms with Crippen molar-refractivity contribution >= 4 is 22.9 Å². The van der Waals surface area contributed by atoms with Crippen LogP contribution in [0.25, 0.3) is 0 Å². The number of aliphatic hydroxyl groups is 1. The molecule has 0 spiro atoms. The van der Waals surface area contributed by atoms with Crippen molar-refractivity contribution in [1.29, 1.82) is 0 Å². The van der Waals surface area contributed by atoms with Gasteiger partial charge in [0.15, 0.2) is 0 Å². The monoisotopic (exact) mass is 290 g/mol. The van der Waals surface area contributed by atoms with Gasteiger partial charge in [-0.2, -0.15) is 0 Å². The second-order valence-corrected chi connectivity index (χ2v) is 5.70. The van der Waals surface area contributed by atoms with Crippen LogP contribution in [0.5, 0.6) is 0 Å². The van der Waals surface area contributed by atoms with Crippen LogP contribution < -0.4 is 5.32 Å². The molecule has 5 heteroatoms. The molecule has 20 heavy (non-hydrogen) atoms. The van der Waals surface area contributed by atoms with Gasteiger partial charge in [-0.1, -0.05) is 25.1 Å². The van der Waals surface area contributed by atoms with Crippen molar-refractivity contribution < 1.29 is 9.90 Å². The minimum absolute atomic E-state index is 0.182.